The number of anilines is 1. The lowest BCUT2D eigenvalue weighted by Crippen LogP contribution is -2.41. The summed E-state index contributed by atoms with van der Waals surface area (Å²) in [7, 11) is 2.01. The van der Waals surface area contributed by atoms with Crippen LogP contribution in [0.3, 0.4) is 0 Å². The molecule has 8 nitrogen and oxygen atoms in total. The summed E-state index contributed by atoms with van der Waals surface area (Å²) >= 11 is 6.06. The zero-order valence-corrected chi connectivity index (χ0v) is 18.3. The molecule has 1 N–H and O–H groups in total. The second kappa shape index (κ2) is 9.59. The normalized spacial score (nSPS) is 11.3. The molecule has 0 aliphatic rings. The summed E-state index contributed by atoms with van der Waals surface area (Å²) in [6, 6.07) is 8.12. The number of methoxy groups -OCH3 is 1. The van der Waals surface area contributed by atoms with Gasteiger partial charge in [0.25, 0.3) is 5.56 Å². The Labute approximate surface area is 193 Å². The molecule has 0 saturated heterocycles. The first-order valence-electron chi connectivity index (χ1n) is 9.41. The lowest BCUT2D eigenvalue weighted by molar-refractivity contribution is -0.144. The number of alkyl halides is 3. The Bertz CT molecular complexity index is 1370. The monoisotopic (exact) mass is 501 g/mol. The van der Waals surface area contributed by atoms with Crippen molar-refractivity contribution in [3.63, 3.8) is 0 Å². The van der Waals surface area contributed by atoms with Crippen molar-refractivity contribution in [2.45, 2.75) is 6.18 Å². The third-order valence-corrected chi connectivity index (χ3v) is 4.91. The van der Waals surface area contributed by atoms with E-state index in [0.717, 1.165) is 19.2 Å². The highest BCUT2D eigenvalue weighted by Gasteiger charge is 2.35. The smallest absolute Gasteiger partial charge is 0.431 e. The van der Waals surface area contributed by atoms with Crippen molar-refractivity contribution in [3.8, 4) is 17.2 Å². The third-order valence-electron chi connectivity index (χ3n) is 4.61. The van der Waals surface area contributed by atoms with Gasteiger partial charge >= 0.3 is 17.8 Å². The average Bonchev–Trinajstić information content (AvgIpc) is 2.77. The number of nitrogens with one attached hydrogen (secondary N) is 1. The standard InChI is InChI=1S/C21H16ClF4N3O5/c1-28-17(21(24,25)26)9-18(30)29(20(28)32)14-8-16(11(22)7-12(14)23)34-15-6-4-3-5-13(15)27-10-19(31)33-2/h3-9,27H,10H2,1-2H3. The number of para-hydroxylation sites is 2. The van der Waals surface area contributed by atoms with E-state index in [0.29, 0.717) is 5.69 Å². The molecule has 0 bridgehead atoms. The Morgan fingerprint density at radius 1 is 1.12 bits per heavy atom. The minimum Gasteiger partial charge on any atom is -0.468 e. The number of nitrogens with zero attached hydrogens (tertiary/aromatic N) is 2. The Morgan fingerprint density at radius 2 is 1.79 bits per heavy atom. The van der Waals surface area contributed by atoms with E-state index >= 15 is 0 Å². The molecule has 0 atom stereocenters. The number of esters is 1. The highest BCUT2D eigenvalue weighted by molar-refractivity contribution is 6.32. The van der Waals surface area contributed by atoms with Crippen LogP contribution < -0.4 is 21.3 Å². The van der Waals surface area contributed by atoms with Crippen LogP contribution in [0.1, 0.15) is 5.69 Å². The number of hydrogen-bond acceptors (Lipinski definition) is 6. The van der Waals surface area contributed by atoms with Gasteiger partial charge in [-0.2, -0.15) is 13.2 Å². The van der Waals surface area contributed by atoms with Gasteiger partial charge in [0.05, 0.1) is 23.5 Å². The van der Waals surface area contributed by atoms with Gasteiger partial charge in [-0.25, -0.2) is 13.8 Å². The maximum atomic E-state index is 14.7. The number of benzene rings is 2. The van der Waals surface area contributed by atoms with E-state index in [2.05, 4.69) is 10.1 Å². The molecule has 180 valence electrons. The lowest BCUT2D eigenvalue weighted by atomic mass is 10.2. The van der Waals surface area contributed by atoms with Crippen molar-refractivity contribution in [1.82, 2.24) is 9.13 Å². The van der Waals surface area contributed by atoms with E-state index in [1.165, 1.54) is 13.2 Å². The molecule has 1 heterocycles. The molecule has 13 heteroatoms. The minimum atomic E-state index is -4.97. The molecule has 0 aliphatic heterocycles. The first kappa shape index (κ1) is 24.8. The van der Waals surface area contributed by atoms with Crippen LogP contribution in [0.5, 0.6) is 11.5 Å². The van der Waals surface area contributed by atoms with E-state index < -0.39 is 40.6 Å². The second-order valence-corrected chi connectivity index (χ2v) is 7.21. The van der Waals surface area contributed by atoms with Crippen molar-refractivity contribution in [3.05, 3.63) is 79.8 Å². The Hall–Kier alpha value is -3.80. The van der Waals surface area contributed by atoms with Crippen molar-refractivity contribution in [2.24, 2.45) is 7.05 Å². The zero-order chi connectivity index (χ0) is 25.2. The molecule has 0 spiro atoms. The quantitative estimate of drug-likeness (QED) is 0.409. The SMILES string of the molecule is COC(=O)CNc1ccccc1Oc1cc(-n2c(=O)cc(C(F)(F)F)n(C)c2=O)c(F)cc1Cl. The molecule has 3 aromatic rings. The minimum absolute atomic E-state index is 0.138. The zero-order valence-electron chi connectivity index (χ0n) is 17.6. The maximum absolute atomic E-state index is 14.7. The fourth-order valence-corrected chi connectivity index (χ4v) is 3.14. The number of rotatable bonds is 6. The maximum Gasteiger partial charge on any atom is 0.431 e. The molecule has 0 amide bonds. The Balaban J connectivity index is 2.08. The summed E-state index contributed by atoms with van der Waals surface area (Å²) in [4.78, 5) is 36.3. The molecule has 1 aromatic heterocycles. The van der Waals surface area contributed by atoms with Crippen LogP contribution in [0.2, 0.25) is 5.02 Å². The largest absolute Gasteiger partial charge is 0.468 e. The van der Waals surface area contributed by atoms with Crippen LogP contribution in [0, 0.1) is 5.82 Å². The Kier molecular flexibility index (Phi) is 7.01. The van der Waals surface area contributed by atoms with E-state index in [4.69, 9.17) is 16.3 Å². The summed E-state index contributed by atoms with van der Waals surface area (Å²) in [6.45, 7) is -0.198. The molecule has 0 aliphatic carbocycles. The van der Waals surface area contributed by atoms with Crippen LogP contribution in [0.25, 0.3) is 5.69 Å². The lowest BCUT2D eigenvalue weighted by Gasteiger charge is -2.16. The van der Waals surface area contributed by atoms with Crippen molar-refractivity contribution < 1.29 is 31.8 Å². The van der Waals surface area contributed by atoms with Gasteiger partial charge in [-0.3, -0.25) is 14.2 Å². The van der Waals surface area contributed by atoms with Gasteiger partial charge in [0.2, 0.25) is 0 Å². The summed E-state index contributed by atoms with van der Waals surface area (Å²) in [5, 5.41) is 2.53. The Morgan fingerprint density at radius 3 is 2.44 bits per heavy atom. The molecule has 34 heavy (non-hydrogen) atoms. The third kappa shape index (κ3) is 5.06. The van der Waals surface area contributed by atoms with E-state index in [-0.39, 0.29) is 38.3 Å². The molecule has 0 radical (unpaired) electrons. The van der Waals surface area contributed by atoms with Crippen LogP contribution in [0.4, 0.5) is 23.2 Å². The summed E-state index contributed by atoms with van der Waals surface area (Å²) < 4.78 is 64.6. The molecule has 0 saturated carbocycles. The van der Waals surface area contributed by atoms with Crippen LogP contribution in [-0.2, 0) is 22.8 Å². The van der Waals surface area contributed by atoms with Gasteiger partial charge in [0.15, 0.2) is 5.75 Å². The van der Waals surface area contributed by atoms with E-state index in [9.17, 15) is 31.9 Å². The van der Waals surface area contributed by atoms with E-state index in [1.54, 1.807) is 18.2 Å². The van der Waals surface area contributed by atoms with Gasteiger partial charge in [-0.15, -0.1) is 0 Å². The number of halogens is 5. The summed E-state index contributed by atoms with van der Waals surface area (Å²) in [5.74, 6) is -1.78. The first-order chi connectivity index (χ1) is 15.9. The molecule has 0 fully saturated rings. The number of aromatic nitrogens is 2. The predicted octanol–water partition coefficient (Wildman–Crippen LogP) is 3.72. The highest BCUT2D eigenvalue weighted by atomic mass is 35.5. The second-order valence-electron chi connectivity index (χ2n) is 6.80. The van der Waals surface area contributed by atoms with Crippen LogP contribution >= 0.6 is 11.6 Å². The predicted molar refractivity (Wildman–Crippen MR) is 114 cm³/mol. The van der Waals surface area contributed by atoms with Gasteiger partial charge in [0.1, 0.15) is 23.8 Å². The van der Waals surface area contributed by atoms with E-state index in [1.807, 2.05) is 0 Å². The average molecular weight is 502 g/mol. The van der Waals surface area contributed by atoms with Crippen LogP contribution in [0.15, 0.2) is 52.1 Å². The molecule has 3 rings (SSSR count). The number of carbonyl (C=O) groups excluding carboxylic acids is 1. The summed E-state index contributed by atoms with van der Waals surface area (Å²) in [5.41, 5.74) is -4.65. The van der Waals surface area contributed by atoms with Gasteiger partial charge < -0.3 is 14.8 Å². The van der Waals surface area contributed by atoms with Gasteiger partial charge in [-0.1, -0.05) is 23.7 Å². The summed E-state index contributed by atoms with van der Waals surface area (Å²) in [6.07, 6.45) is -4.97. The molecule has 2 aromatic carbocycles. The van der Waals surface area contributed by atoms with Crippen molar-refractivity contribution in [2.75, 3.05) is 19.0 Å². The molecular formula is C21H16ClF4N3O5. The van der Waals surface area contributed by atoms with Gasteiger partial charge in [-0.05, 0) is 18.2 Å². The fourth-order valence-electron chi connectivity index (χ4n) is 2.95. The number of hydrogen-bond donors (Lipinski definition) is 1. The van der Waals surface area contributed by atoms with Crippen molar-refractivity contribution in [1.29, 1.82) is 0 Å². The molecular weight excluding hydrogens is 486 g/mol. The topological polar surface area (TPSA) is 91.6 Å². The number of carbonyl (C=O) groups is 1. The van der Waals surface area contributed by atoms with Gasteiger partial charge in [0, 0.05) is 19.2 Å². The fraction of sp³-hybridized carbons (Fsp3) is 0.190. The number of ether oxygens (including phenoxy) is 2. The van der Waals surface area contributed by atoms with Crippen molar-refractivity contribution >= 4 is 23.3 Å². The first-order valence-corrected chi connectivity index (χ1v) is 9.79. The highest BCUT2D eigenvalue weighted by Crippen LogP contribution is 2.36. The molecule has 0 unspecified atom stereocenters. The van der Waals surface area contributed by atoms with Crippen LogP contribution in [-0.4, -0.2) is 28.8 Å².